The number of ether oxygens (including phenoxy) is 1. The number of benzene rings is 1. The lowest BCUT2D eigenvalue weighted by molar-refractivity contribution is 0.415. The van der Waals surface area contributed by atoms with Crippen LogP contribution in [0.5, 0.6) is 5.75 Å². The molecule has 0 spiro atoms. The lowest BCUT2D eigenvalue weighted by atomic mass is 10.1. The number of fused-ring (bicyclic) bond motifs is 2. The predicted molar refractivity (Wildman–Crippen MR) is 122 cm³/mol. The molecule has 0 aliphatic heterocycles. The number of hydrogen-bond donors (Lipinski definition) is 2. The topological polar surface area (TPSA) is 105 Å². The van der Waals surface area contributed by atoms with Crippen LogP contribution in [-0.2, 0) is 0 Å². The van der Waals surface area contributed by atoms with E-state index in [0.717, 1.165) is 50.5 Å². The maximum Gasteiger partial charge on any atom is 0.161 e. The molecule has 32 heavy (non-hydrogen) atoms. The Morgan fingerprint density at radius 2 is 1.69 bits per heavy atom. The van der Waals surface area contributed by atoms with E-state index in [0.29, 0.717) is 11.5 Å². The van der Waals surface area contributed by atoms with Gasteiger partial charge in [-0.15, -0.1) is 0 Å². The fourth-order valence-corrected chi connectivity index (χ4v) is 3.75. The van der Waals surface area contributed by atoms with E-state index in [9.17, 15) is 0 Å². The zero-order valence-electron chi connectivity index (χ0n) is 17.1. The minimum Gasteiger partial charge on any atom is -0.497 e. The molecule has 6 rings (SSSR count). The van der Waals surface area contributed by atoms with Crippen molar-refractivity contribution in [2.75, 3.05) is 7.11 Å². The summed E-state index contributed by atoms with van der Waals surface area (Å²) in [6.07, 6.45) is 3.52. The average molecular weight is 419 g/mol. The van der Waals surface area contributed by atoms with Gasteiger partial charge in [-0.3, -0.25) is 15.1 Å². The summed E-state index contributed by atoms with van der Waals surface area (Å²) >= 11 is 0. The van der Waals surface area contributed by atoms with Gasteiger partial charge < -0.3 is 9.72 Å². The van der Waals surface area contributed by atoms with Gasteiger partial charge in [0, 0.05) is 18.0 Å². The number of pyridine rings is 3. The van der Waals surface area contributed by atoms with E-state index in [1.165, 1.54) is 0 Å². The van der Waals surface area contributed by atoms with Crippen molar-refractivity contribution in [3.63, 3.8) is 0 Å². The second-order valence-electron chi connectivity index (χ2n) is 7.25. The van der Waals surface area contributed by atoms with E-state index in [4.69, 9.17) is 14.7 Å². The third-order valence-corrected chi connectivity index (χ3v) is 5.30. The van der Waals surface area contributed by atoms with Crippen LogP contribution in [0.4, 0.5) is 0 Å². The zero-order valence-corrected chi connectivity index (χ0v) is 17.1. The summed E-state index contributed by atoms with van der Waals surface area (Å²) in [6, 6.07) is 19.3. The molecule has 0 bridgehead atoms. The maximum absolute atomic E-state index is 5.36. The number of hydrogen-bond acceptors (Lipinski definition) is 6. The summed E-state index contributed by atoms with van der Waals surface area (Å²) in [5.41, 5.74) is 7.09. The van der Waals surface area contributed by atoms with Gasteiger partial charge in [-0.2, -0.15) is 5.10 Å². The second kappa shape index (κ2) is 7.28. The minimum absolute atomic E-state index is 0.620. The number of nitrogens with one attached hydrogen (secondary N) is 2. The molecule has 0 amide bonds. The van der Waals surface area contributed by atoms with Gasteiger partial charge in [0.15, 0.2) is 11.5 Å². The lowest BCUT2D eigenvalue weighted by Gasteiger charge is -2.04. The second-order valence-corrected chi connectivity index (χ2v) is 7.25. The van der Waals surface area contributed by atoms with Crippen LogP contribution in [0, 0.1) is 0 Å². The van der Waals surface area contributed by atoms with E-state index in [1.807, 2.05) is 60.7 Å². The van der Waals surface area contributed by atoms with Crippen molar-refractivity contribution in [3.05, 3.63) is 73.1 Å². The Labute approximate surface area is 182 Å². The summed E-state index contributed by atoms with van der Waals surface area (Å²) < 4.78 is 5.36. The Morgan fingerprint density at radius 1 is 0.750 bits per heavy atom. The van der Waals surface area contributed by atoms with Crippen LogP contribution >= 0.6 is 0 Å². The molecular formula is C24H17N7O. The van der Waals surface area contributed by atoms with Gasteiger partial charge in [0.1, 0.15) is 16.8 Å². The number of nitrogens with zero attached hydrogens (tertiary/aromatic N) is 5. The fourth-order valence-electron chi connectivity index (χ4n) is 3.75. The number of methoxy groups -OCH3 is 1. The van der Waals surface area contributed by atoms with Gasteiger partial charge in [-0.25, -0.2) is 9.97 Å². The SMILES string of the molecule is COc1cccc(-c2nccc3[nH]c(-c4n[nH]c5ccc(-c6ccccn6)nc45)nc23)c1. The Bertz CT molecular complexity index is 1570. The normalized spacial score (nSPS) is 11.3. The highest BCUT2D eigenvalue weighted by molar-refractivity contribution is 5.95. The number of H-pyrrole nitrogens is 2. The van der Waals surface area contributed by atoms with Crippen molar-refractivity contribution in [1.82, 2.24) is 35.1 Å². The first-order valence-electron chi connectivity index (χ1n) is 10.1. The third kappa shape index (κ3) is 2.97. The van der Waals surface area contributed by atoms with Gasteiger partial charge in [-0.05, 0) is 42.5 Å². The van der Waals surface area contributed by atoms with Gasteiger partial charge in [0.05, 0.1) is 35.2 Å². The average Bonchev–Trinajstić information content (AvgIpc) is 3.48. The number of rotatable bonds is 4. The van der Waals surface area contributed by atoms with Gasteiger partial charge in [0.2, 0.25) is 0 Å². The molecule has 154 valence electrons. The minimum atomic E-state index is 0.620. The summed E-state index contributed by atoms with van der Waals surface area (Å²) in [5.74, 6) is 1.38. The molecule has 0 aliphatic rings. The molecule has 0 radical (unpaired) electrons. The first-order valence-corrected chi connectivity index (χ1v) is 10.1. The molecule has 0 saturated heterocycles. The van der Waals surface area contributed by atoms with E-state index < -0.39 is 0 Å². The van der Waals surface area contributed by atoms with Crippen molar-refractivity contribution in [2.24, 2.45) is 0 Å². The predicted octanol–water partition coefficient (Wildman–Crippen LogP) is 4.63. The Kier molecular flexibility index (Phi) is 4.14. The number of aromatic nitrogens is 7. The van der Waals surface area contributed by atoms with Crippen LogP contribution in [-0.4, -0.2) is 42.2 Å². The Morgan fingerprint density at radius 3 is 2.56 bits per heavy atom. The largest absolute Gasteiger partial charge is 0.497 e. The van der Waals surface area contributed by atoms with Crippen molar-refractivity contribution in [1.29, 1.82) is 0 Å². The molecule has 8 nitrogen and oxygen atoms in total. The van der Waals surface area contributed by atoms with Crippen LogP contribution in [0.25, 0.3) is 56.2 Å². The van der Waals surface area contributed by atoms with Gasteiger partial charge >= 0.3 is 0 Å². The summed E-state index contributed by atoms with van der Waals surface area (Å²) in [4.78, 5) is 22.0. The van der Waals surface area contributed by atoms with Crippen molar-refractivity contribution in [3.8, 4) is 39.9 Å². The molecule has 0 unspecified atom stereocenters. The fraction of sp³-hybridized carbons (Fsp3) is 0.0417. The summed E-state index contributed by atoms with van der Waals surface area (Å²) in [7, 11) is 1.65. The van der Waals surface area contributed by atoms with Crippen LogP contribution in [0.15, 0.2) is 73.1 Å². The maximum atomic E-state index is 5.36. The van der Waals surface area contributed by atoms with Crippen LogP contribution in [0.1, 0.15) is 0 Å². The van der Waals surface area contributed by atoms with Crippen LogP contribution < -0.4 is 4.74 Å². The molecule has 0 atom stereocenters. The molecule has 5 heterocycles. The van der Waals surface area contributed by atoms with E-state index in [-0.39, 0.29) is 0 Å². The van der Waals surface area contributed by atoms with Crippen LogP contribution in [0.3, 0.4) is 0 Å². The zero-order chi connectivity index (χ0) is 21.5. The first kappa shape index (κ1) is 18.2. The summed E-state index contributed by atoms with van der Waals surface area (Å²) in [6.45, 7) is 0. The highest BCUT2D eigenvalue weighted by atomic mass is 16.5. The quantitative estimate of drug-likeness (QED) is 0.431. The van der Waals surface area contributed by atoms with Gasteiger partial charge in [-0.1, -0.05) is 18.2 Å². The first-order chi connectivity index (χ1) is 15.8. The molecule has 0 saturated carbocycles. The highest BCUT2D eigenvalue weighted by Crippen LogP contribution is 2.31. The van der Waals surface area contributed by atoms with E-state index >= 15 is 0 Å². The molecule has 1 aromatic carbocycles. The standard InChI is InChI=1S/C24H17N7O/c1-32-15-6-4-5-14(13-15)20-21-18(10-12-26-20)28-24(29-21)23-22-19(30-31-23)9-8-17(27-22)16-7-2-3-11-25-16/h2-13H,1H3,(H,28,29)(H,30,31). The van der Waals surface area contributed by atoms with Gasteiger partial charge in [0.25, 0.3) is 0 Å². The molecular weight excluding hydrogens is 402 g/mol. The molecule has 0 aliphatic carbocycles. The molecule has 0 fully saturated rings. The van der Waals surface area contributed by atoms with E-state index in [2.05, 4.69) is 25.1 Å². The molecule has 5 aromatic heterocycles. The lowest BCUT2D eigenvalue weighted by Crippen LogP contribution is -1.89. The van der Waals surface area contributed by atoms with Crippen molar-refractivity contribution in [2.45, 2.75) is 0 Å². The highest BCUT2D eigenvalue weighted by Gasteiger charge is 2.17. The molecule has 2 N–H and O–H groups in total. The summed E-state index contributed by atoms with van der Waals surface area (Å²) in [5, 5.41) is 7.53. The Hall–Kier alpha value is -4.59. The third-order valence-electron chi connectivity index (χ3n) is 5.30. The Balaban J connectivity index is 1.50. The van der Waals surface area contributed by atoms with Crippen molar-refractivity contribution >= 4 is 22.1 Å². The van der Waals surface area contributed by atoms with Crippen LogP contribution in [0.2, 0.25) is 0 Å². The smallest absolute Gasteiger partial charge is 0.161 e. The molecule has 6 aromatic rings. The monoisotopic (exact) mass is 419 g/mol. The molecule has 8 heteroatoms. The number of imidazole rings is 1. The number of aromatic amines is 2. The van der Waals surface area contributed by atoms with E-state index in [1.54, 1.807) is 19.5 Å². The van der Waals surface area contributed by atoms with Crippen molar-refractivity contribution < 1.29 is 4.74 Å².